The number of rotatable bonds is 2. The van der Waals surface area contributed by atoms with Crippen LogP contribution in [0.4, 0.5) is 5.69 Å². The van der Waals surface area contributed by atoms with E-state index in [9.17, 15) is 10.1 Å². The van der Waals surface area contributed by atoms with Gasteiger partial charge in [-0.15, -0.1) is 0 Å². The van der Waals surface area contributed by atoms with Crippen LogP contribution in [0.25, 0.3) is 0 Å². The van der Waals surface area contributed by atoms with Crippen LogP contribution < -0.4 is 0 Å². The van der Waals surface area contributed by atoms with Gasteiger partial charge in [-0.3, -0.25) is 10.1 Å². The molecular formula is C11H13NO2. The molecule has 0 saturated heterocycles. The highest BCUT2D eigenvalue weighted by molar-refractivity contribution is 5.54. The lowest BCUT2D eigenvalue weighted by atomic mass is 9.99. The van der Waals surface area contributed by atoms with Crippen molar-refractivity contribution < 1.29 is 4.92 Å². The first kappa shape index (κ1) is 9.19. The lowest BCUT2D eigenvalue weighted by Crippen LogP contribution is -1.99. The first-order chi connectivity index (χ1) is 6.61. The summed E-state index contributed by atoms with van der Waals surface area (Å²) in [6.45, 7) is 3.77. The standard InChI is InChI=1S/C11H13NO2/c1-7-3-4-8(2)11(12(13)14)10(7)9-5-6-9/h3-4,9H,5-6H2,1-2H3. The molecule has 1 aromatic carbocycles. The van der Waals surface area contributed by atoms with Gasteiger partial charge in [-0.2, -0.15) is 0 Å². The molecule has 0 aliphatic heterocycles. The molecule has 3 nitrogen and oxygen atoms in total. The van der Waals surface area contributed by atoms with Gasteiger partial charge in [0, 0.05) is 11.1 Å². The maximum absolute atomic E-state index is 10.9. The Morgan fingerprint density at radius 2 is 1.86 bits per heavy atom. The molecule has 1 aliphatic carbocycles. The molecule has 0 spiro atoms. The van der Waals surface area contributed by atoms with Gasteiger partial charge in [-0.05, 0) is 38.2 Å². The van der Waals surface area contributed by atoms with E-state index in [0.717, 1.165) is 29.5 Å². The Hall–Kier alpha value is -1.38. The van der Waals surface area contributed by atoms with Crippen LogP contribution in [0, 0.1) is 24.0 Å². The zero-order valence-corrected chi connectivity index (χ0v) is 8.41. The Balaban J connectivity index is 2.62. The molecule has 3 heteroatoms. The van der Waals surface area contributed by atoms with E-state index < -0.39 is 0 Å². The van der Waals surface area contributed by atoms with E-state index >= 15 is 0 Å². The molecule has 1 saturated carbocycles. The molecule has 0 unspecified atom stereocenters. The number of nitrogens with zero attached hydrogens (tertiary/aromatic N) is 1. The van der Waals surface area contributed by atoms with E-state index in [1.165, 1.54) is 0 Å². The van der Waals surface area contributed by atoms with Gasteiger partial charge < -0.3 is 0 Å². The summed E-state index contributed by atoms with van der Waals surface area (Å²) in [6.07, 6.45) is 2.20. The van der Waals surface area contributed by atoms with Gasteiger partial charge in [0.1, 0.15) is 0 Å². The number of aryl methyl sites for hydroxylation is 2. The van der Waals surface area contributed by atoms with Crippen molar-refractivity contribution in [2.45, 2.75) is 32.6 Å². The summed E-state index contributed by atoms with van der Waals surface area (Å²) in [4.78, 5) is 10.7. The fraction of sp³-hybridized carbons (Fsp3) is 0.455. The second kappa shape index (κ2) is 3.08. The predicted octanol–water partition coefficient (Wildman–Crippen LogP) is 3.09. The summed E-state index contributed by atoms with van der Waals surface area (Å²) in [5.41, 5.74) is 3.15. The van der Waals surface area contributed by atoms with Gasteiger partial charge in [0.2, 0.25) is 0 Å². The molecule has 74 valence electrons. The Bertz CT molecular complexity index is 395. The monoisotopic (exact) mass is 191 g/mol. The highest BCUT2D eigenvalue weighted by Gasteiger charge is 2.33. The van der Waals surface area contributed by atoms with Gasteiger partial charge in [-0.25, -0.2) is 0 Å². The molecule has 0 bridgehead atoms. The van der Waals surface area contributed by atoms with Crippen molar-refractivity contribution in [1.82, 2.24) is 0 Å². The second-order valence-electron chi connectivity index (χ2n) is 3.99. The van der Waals surface area contributed by atoms with Crippen LogP contribution in [0.3, 0.4) is 0 Å². The smallest absolute Gasteiger partial charge is 0.258 e. The molecule has 0 radical (unpaired) electrons. The van der Waals surface area contributed by atoms with Crippen molar-refractivity contribution in [1.29, 1.82) is 0 Å². The fourth-order valence-electron chi connectivity index (χ4n) is 1.95. The van der Waals surface area contributed by atoms with Crippen LogP contribution in [-0.4, -0.2) is 4.92 Å². The van der Waals surface area contributed by atoms with E-state index in [2.05, 4.69) is 0 Å². The van der Waals surface area contributed by atoms with Crippen molar-refractivity contribution in [2.75, 3.05) is 0 Å². The van der Waals surface area contributed by atoms with Crippen molar-refractivity contribution >= 4 is 5.69 Å². The highest BCUT2D eigenvalue weighted by atomic mass is 16.6. The van der Waals surface area contributed by atoms with Crippen LogP contribution in [0.1, 0.15) is 35.4 Å². The van der Waals surface area contributed by atoms with Crippen molar-refractivity contribution in [3.8, 4) is 0 Å². The Kier molecular flexibility index (Phi) is 2.02. The fourth-order valence-corrected chi connectivity index (χ4v) is 1.95. The second-order valence-corrected chi connectivity index (χ2v) is 3.99. The van der Waals surface area contributed by atoms with Crippen LogP contribution in [0.15, 0.2) is 12.1 Å². The number of hydrogen-bond donors (Lipinski definition) is 0. The topological polar surface area (TPSA) is 43.1 Å². The average molecular weight is 191 g/mol. The van der Waals surface area contributed by atoms with Gasteiger partial charge in [0.05, 0.1) is 4.92 Å². The first-order valence-electron chi connectivity index (χ1n) is 4.85. The summed E-state index contributed by atoms with van der Waals surface area (Å²) in [6, 6.07) is 3.81. The molecule has 0 N–H and O–H groups in total. The number of nitro benzene ring substituents is 1. The molecule has 0 heterocycles. The zero-order valence-electron chi connectivity index (χ0n) is 8.41. The highest BCUT2D eigenvalue weighted by Crippen LogP contribution is 2.46. The number of hydrogen-bond acceptors (Lipinski definition) is 2. The van der Waals surface area contributed by atoms with Crippen LogP contribution >= 0.6 is 0 Å². The van der Waals surface area contributed by atoms with E-state index in [1.807, 2.05) is 26.0 Å². The van der Waals surface area contributed by atoms with Crippen LogP contribution in [-0.2, 0) is 0 Å². The third kappa shape index (κ3) is 1.39. The van der Waals surface area contributed by atoms with E-state index in [1.54, 1.807) is 0 Å². The molecule has 0 aromatic heterocycles. The first-order valence-corrected chi connectivity index (χ1v) is 4.85. The Morgan fingerprint density at radius 1 is 1.29 bits per heavy atom. The third-order valence-corrected chi connectivity index (χ3v) is 2.80. The molecule has 0 atom stereocenters. The SMILES string of the molecule is Cc1ccc(C)c([N+](=O)[O-])c1C1CC1. The van der Waals surface area contributed by atoms with E-state index in [4.69, 9.17) is 0 Å². The number of benzene rings is 1. The van der Waals surface area contributed by atoms with Crippen molar-refractivity contribution in [2.24, 2.45) is 0 Å². The molecular weight excluding hydrogens is 178 g/mol. The minimum Gasteiger partial charge on any atom is -0.258 e. The predicted molar refractivity (Wildman–Crippen MR) is 54.5 cm³/mol. The van der Waals surface area contributed by atoms with Crippen molar-refractivity contribution in [3.05, 3.63) is 38.9 Å². The molecule has 1 aliphatic rings. The average Bonchev–Trinajstić information content (AvgIpc) is 2.91. The summed E-state index contributed by atoms with van der Waals surface area (Å²) >= 11 is 0. The lowest BCUT2D eigenvalue weighted by molar-refractivity contribution is -0.386. The lowest BCUT2D eigenvalue weighted by Gasteiger charge is -2.07. The minimum absolute atomic E-state index is 0.240. The van der Waals surface area contributed by atoms with Crippen molar-refractivity contribution in [3.63, 3.8) is 0 Å². The van der Waals surface area contributed by atoms with E-state index in [0.29, 0.717) is 11.6 Å². The van der Waals surface area contributed by atoms with Gasteiger partial charge in [0.25, 0.3) is 5.69 Å². The third-order valence-electron chi connectivity index (χ3n) is 2.80. The summed E-state index contributed by atoms with van der Waals surface area (Å²) in [5, 5.41) is 10.9. The van der Waals surface area contributed by atoms with E-state index in [-0.39, 0.29) is 4.92 Å². The molecule has 1 aromatic rings. The van der Waals surface area contributed by atoms with Crippen LogP contribution in [0.2, 0.25) is 0 Å². The Morgan fingerprint density at radius 3 is 2.36 bits per heavy atom. The van der Waals surface area contributed by atoms with Gasteiger partial charge in [-0.1, -0.05) is 12.1 Å². The normalized spacial score (nSPS) is 15.6. The molecule has 2 rings (SSSR count). The molecule has 1 fully saturated rings. The summed E-state index contributed by atoms with van der Waals surface area (Å²) < 4.78 is 0. The molecule has 0 amide bonds. The van der Waals surface area contributed by atoms with Gasteiger partial charge in [0.15, 0.2) is 0 Å². The summed E-state index contributed by atoms with van der Waals surface area (Å²) in [5.74, 6) is 0.440. The Labute approximate surface area is 82.9 Å². The summed E-state index contributed by atoms with van der Waals surface area (Å²) in [7, 11) is 0. The van der Waals surface area contributed by atoms with Gasteiger partial charge >= 0.3 is 0 Å². The maximum atomic E-state index is 10.9. The molecule has 14 heavy (non-hydrogen) atoms. The minimum atomic E-state index is -0.240. The largest absolute Gasteiger partial charge is 0.275 e. The quantitative estimate of drug-likeness (QED) is 0.532. The maximum Gasteiger partial charge on any atom is 0.275 e. The zero-order chi connectivity index (χ0) is 10.3. The number of nitro groups is 1. The van der Waals surface area contributed by atoms with Crippen LogP contribution in [0.5, 0.6) is 0 Å².